The Hall–Kier alpha value is -2.40. The van der Waals surface area contributed by atoms with Gasteiger partial charge in [-0.25, -0.2) is 4.39 Å². The molecule has 4 nitrogen and oxygen atoms in total. The lowest BCUT2D eigenvalue weighted by Crippen LogP contribution is -2.42. The molecule has 0 unspecified atom stereocenters. The normalized spacial score (nSPS) is 14.6. The Bertz CT molecular complexity index is 794. The highest BCUT2D eigenvalue weighted by Crippen LogP contribution is 2.25. The molecule has 2 aromatic carbocycles. The topological polar surface area (TPSA) is 49.4 Å². The molecule has 0 bridgehead atoms. The molecule has 1 aliphatic heterocycles. The van der Waals surface area contributed by atoms with E-state index in [4.69, 9.17) is 11.6 Å². The zero-order valence-corrected chi connectivity index (χ0v) is 13.1. The number of amides is 2. The number of nitrogens with zero attached hydrogens (tertiary/aromatic N) is 1. The summed E-state index contributed by atoms with van der Waals surface area (Å²) < 4.78 is 13.1. The van der Waals surface area contributed by atoms with Gasteiger partial charge in [-0.3, -0.25) is 9.59 Å². The zero-order valence-electron chi connectivity index (χ0n) is 12.3. The van der Waals surface area contributed by atoms with Crippen molar-refractivity contribution in [2.24, 2.45) is 0 Å². The van der Waals surface area contributed by atoms with Gasteiger partial charge in [-0.2, -0.15) is 0 Å². The molecule has 2 amide bonds. The van der Waals surface area contributed by atoms with Crippen molar-refractivity contribution in [3.8, 4) is 0 Å². The van der Waals surface area contributed by atoms with Crippen molar-refractivity contribution in [3.63, 3.8) is 0 Å². The number of fused-ring (bicyclic) bond motifs is 1. The van der Waals surface area contributed by atoms with Crippen LogP contribution in [0.15, 0.2) is 42.5 Å². The van der Waals surface area contributed by atoms with Gasteiger partial charge >= 0.3 is 0 Å². The number of hydrogen-bond acceptors (Lipinski definition) is 2. The highest BCUT2D eigenvalue weighted by atomic mass is 35.5. The summed E-state index contributed by atoms with van der Waals surface area (Å²) in [5, 5.41) is 2.58. The molecule has 2 aromatic rings. The average molecular weight is 333 g/mol. The number of nitrogens with one attached hydrogen (secondary N) is 1. The van der Waals surface area contributed by atoms with Crippen molar-refractivity contribution in [3.05, 3.63) is 64.4 Å². The fourth-order valence-corrected chi connectivity index (χ4v) is 2.73. The van der Waals surface area contributed by atoms with E-state index in [2.05, 4.69) is 5.32 Å². The maximum Gasteiger partial charge on any atom is 0.255 e. The lowest BCUT2D eigenvalue weighted by molar-refractivity contribution is -0.120. The molecular weight excluding hydrogens is 319 g/mol. The molecule has 0 radical (unpaired) electrons. The lowest BCUT2D eigenvalue weighted by Gasteiger charge is -2.23. The molecular formula is C17H14ClFN2O2. The van der Waals surface area contributed by atoms with Gasteiger partial charge in [-0.05, 0) is 36.8 Å². The van der Waals surface area contributed by atoms with Crippen LogP contribution in [0.1, 0.15) is 22.8 Å². The second-order valence-corrected chi connectivity index (χ2v) is 5.79. The minimum Gasteiger partial charge on any atom is -0.324 e. The van der Waals surface area contributed by atoms with Crippen molar-refractivity contribution in [1.29, 1.82) is 0 Å². The van der Waals surface area contributed by atoms with Crippen molar-refractivity contribution < 1.29 is 14.0 Å². The molecule has 1 N–H and O–H groups in total. The van der Waals surface area contributed by atoms with E-state index in [0.29, 0.717) is 17.8 Å². The summed E-state index contributed by atoms with van der Waals surface area (Å²) in [6.07, 6.45) is 0. The third-order valence-electron chi connectivity index (χ3n) is 3.88. The number of carbonyl (C=O) groups is 2. The van der Waals surface area contributed by atoms with Gasteiger partial charge in [0.2, 0.25) is 5.91 Å². The Labute approximate surface area is 137 Å². The number of benzene rings is 2. The molecule has 6 heteroatoms. The molecule has 23 heavy (non-hydrogen) atoms. The highest BCUT2D eigenvalue weighted by Gasteiger charge is 2.33. The largest absolute Gasteiger partial charge is 0.324 e. The Morgan fingerprint density at radius 2 is 2.04 bits per heavy atom. The second-order valence-electron chi connectivity index (χ2n) is 5.38. The Morgan fingerprint density at radius 3 is 2.74 bits per heavy atom. The average Bonchev–Trinajstić information content (AvgIpc) is 2.87. The van der Waals surface area contributed by atoms with Crippen LogP contribution in [0.3, 0.4) is 0 Å². The minimum absolute atomic E-state index is 0.0693. The molecule has 0 spiro atoms. The molecule has 0 fully saturated rings. The smallest absolute Gasteiger partial charge is 0.255 e. The van der Waals surface area contributed by atoms with Gasteiger partial charge in [0.05, 0.1) is 5.02 Å². The van der Waals surface area contributed by atoms with Crippen molar-refractivity contribution in [1.82, 2.24) is 4.90 Å². The SMILES string of the molecule is C[C@H](C(=O)Nc1ccc(F)c(Cl)c1)N1Cc2ccccc2C1=O. The van der Waals surface area contributed by atoms with Crippen molar-refractivity contribution in [2.45, 2.75) is 19.5 Å². The summed E-state index contributed by atoms with van der Waals surface area (Å²) in [5.41, 5.74) is 1.91. The van der Waals surface area contributed by atoms with Gasteiger partial charge in [0.15, 0.2) is 0 Å². The third-order valence-corrected chi connectivity index (χ3v) is 4.17. The number of hydrogen-bond donors (Lipinski definition) is 1. The summed E-state index contributed by atoms with van der Waals surface area (Å²) in [6.45, 7) is 2.05. The molecule has 0 saturated heterocycles. The zero-order chi connectivity index (χ0) is 16.6. The van der Waals surface area contributed by atoms with Gasteiger partial charge in [0.25, 0.3) is 5.91 Å². The van der Waals surface area contributed by atoms with Crippen LogP contribution in [0.4, 0.5) is 10.1 Å². The summed E-state index contributed by atoms with van der Waals surface area (Å²) in [6, 6.07) is 10.6. The van der Waals surface area contributed by atoms with Crippen LogP contribution in [0.5, 0.6) is 0 Å². The van der Waals surface area contributed by atoms with E-state index >= 15 is 0 Å². The molecule has 118 valence electrons. The minimum atomic E-state index is -0.654. The van der Waals surface area contributed by atoms with E-state index in [0.717, 1.165) is 5.56 Å². The summed E-state index contributed by atoms with van der Waals surface area (Å²) in [7, 11) is 0. The molecule has 0 saturated carbocycles. The monoisotopic (exact) mass is 332 g/mol. The predicted octanol–water partition coefficient (Wildman–Crippen LogP) is 3.46. The fourth-order valence-electron chi connectivity index (χ4n) is 2.55. The predicted molar refractivity (Wildman–Crippen MR) is 85.8 cm³/mol. The van der Waals surface area contributed by atoms with Crippen LogP contribution in [0, 0.1) is 5.82 Å². The Kier molecular flexibility index (Phi) is 4.05. The molecule has 1 heterocycles. The Balaban J connectivity index is 1.73. The first-order valence-electron chi connectivity index (χ1n) is 7.12. The van der Waals surface area contributed by atoms with Gasteiger partial charge in [0, 0.05) is 17.8 Å². The quantitative estimate of drug-likeness (QED) is 0.935. The summed E-state index contributed by atoms with van der Waals surface area (Å²) >= 11 is 5.70. The highest BCUT2D eigenvalue weighted by molar-refractivity contribution is 6.31. The van der Waals surface area contributed by atoms with E-state index in [1.807, 2.05) is 12.1 Å². The van der Waals surface area contributed by atoms with E-state index < -0.39 is 11.9 Å². The summed E-state index contributed by atoms with van der Waals surface area (Å²) in [5.74, 6) is -1.07. The molecule has 0 aromatic heterocycles. The van der Waals surface area contributed by atoms with E-state index in [1.165, 1.54) is 23.1 Å². The van der Waals surface area contributed by atoms with Crippen LogP contribution in [-0.4, -0.2) is 22.8 Å². The van der Waals surface area contributed by atoms with Crippen LogP contribution < -0.4 is 5.32 Å². The maximum absolute atomic E-state index is 13.1. The standard InChI is InChI=1S/C17H14ClFN2O2/c1-10(16(22)20-12-6-7-15(19)14(18)8-12)21-9-11-4-2-3-5-13(11)17(21)23/h2-8,10H,9H2,1H3,(H,20,22)/t10-/m1/s1. The number of anilines is 1. The van der Waals surface area contributed by atoms with E-state index in [9.17, 15) is 14.0 Å². The number of halogens is 2. The van der Waals surface area contributed by atoms with Crippen LogP contribution in [0.25, 0.3) is 0 Å². The molecule has 3 rings (SSSR count). The number of rotatable bonds is 3. The van der Waals surface area contributed by atoms with Crippen molar-refractivity contribution >= 4 is 29.1 Å². The van der Waals surface area contributed by atoms with Crippen molar-refractivity contribution in [2.75, 3.05) is 5.32 Å². The van der Waals surface area contributed by atoms with Gasteiger partial charge in [-0.1, -0.05) is 29.8 Å². The van der Waals surface area contributed by atoms with Crippen LogP contribution >= 0.6 is 11.6 Å². The maximum atomic E-state index is 13.1. The van der Waals surface area contributed by atoms with Gasteiger partial charge < -0.3 is 10.2 Å². The van der Waals surface area contributed by atoms with Gasteiger partial charge in [-0.15, -0.1) is 0 Å². The first-order chi connectivity index (χ1) is 11.0. The molecule has 0 aliphatic carbocycles. The third kappa shape index (κ3) is 2.92. The molecule has 1 atom stereocenters. The Morgan fingerprint density at radius 1 is 1.30 bits per heavy atom. The van der Waals surface area contributed by atoms with Crippen LogP contribution in [-0.2, 0) is 11.3 Å². The second kappa shape index (κ2) is 6.01. The fraction of sp³-hybridized carbons (Fsp3) is 0.176. The van der Waals surface area contributed by atoms with Gasteiger partial charge in [0.1, 0.15) is 11.9 Å². The van der Waals surface area contributed by atoms with E-state index in [-0.39, 0.29) is 16.8 Å². The summed E-state index contributed by atoms with van der Waals surface area (Å²) in [4.78, 5) is 26.2. The first-order valence-corrected chi connectivity index (χ1v) is 7.50. The van der Waals surface area contributed by atoms with E-state index in [1.54, 1.807) is 19.1 Å². The molecule has 1 aliphatic rings. The lowest BCUT2D eigenvalue weighted by atomic mass is 10.1. The first kappa shape index (κ1) is 15.5. The number of carbonyl (C=O) groups excluding carboxylic acids is 2. The van der Waals surface area contributed by atoms with Crippen LogP contribution in [0.2, 0.25) is 5.02 Å².